The highest BCUT2D eigenvalue weighted by Crippen LogP contribution is 2.37. The van der Waals surface area contributed by atoms with E-state index < -0.39 is 7.60 Å². The van der Waals surface area contributed by atoms with E-state index in [0.717, 1.165) is 19.3 Å². The summed E-state index contributed by atoms with van der Waals surface area (Å²) in [6, 6.07) is 9.48. The fourth-order valence-corrected chi connectivity index (χ4v) is 4.48. The summed E-state index contributed by atoms with van der Waals surface area (Å²) in [5.74, 6) is 0. The highest BCUT2D eigenvalue weighted by Gasteiger charge is 2.26. The average Bonchev–Trinajstić information content (AvgIpc) is 3.08. The predicted octanol–water partition coefficient (Wildman–Crippen LogP) is 5.34. The van der Waals surface area contributed by atoms with E-state index in [1.807, 2.05) is 0 Å². The second-order valence-electron chi connectivity index (χ2n) is 7.78. The van der Waals surface area contributed by atoms with Gasteiger partial charge in [0.05, 0.1) is 6.16 Å². The van der Waals surface area contributed by atoms with Crippen LogP contribution >= 0.6 is 7.60 Å². The van der Waals surface area contributed by atoms with Crippen molar-refractivity contribution in [3.8, 4) is 0 Å². The zero-order valence-corrected chi connectivity index (χ0v) is 17.1. The molecule has 26 heavy (non-hydrogen) atoms. The average molecular weight is 381 g/mol. The first-order valence-corrected chi connectivity index (χ1v) is 12.2. The maximum absolute atomic E-state index is 11.0. The third kappa shape index (κ3) is 8.35. The normalized spacial score (nSPS) is 20.6. The van der Waals surface area contributed by atoms with Crippen LogP contribution in [0.15, 0.2) is 24.3 Å². The van der Waals surface area contributed by atoms with Gasteiger partial charge in [0.2, 0.25) is 0 Å². The Morgan fingerprint density at radius 3 is 2.31 bits per heavy atom. The molecule has 0 amide bonds. The second kappa shape index (κ2) is 11.2. The zero-order chi connectivity index (χ0) is 18.8. The second-order valence-corrected chi connectivity index (χ2v) is 9.56. The molecule has 3 N–H and O–H groups in total. The molecular weight excluding hydrogens is 345 g/mol. The molecule has 148 valence electrons. The molecule has 1 aromatic carbocycles. The van der Waals surface area contributed by atoms with Crippen LogP contribution in [-0.4, -0.2) is 22.0 Å². The van der Waals surface area contributed by atoms with Gasteiger partial charge in [-0.2, -0.15) is 0 Å². The van der Waals surface area contributed by atoms with Gasteiger partial charge < -0.3 is 15.1 Å². The number of benzene rings is 1. The lowest BCUT2D eigenvalue weighted by molar-refractivity contribution is 0.367. The van der Waals surface area contributed by atoms with Crippen molar-refractivity contribution in [1.82, 2.24) is 5.32 Å². The van der Waals surface area contributed by atoms with Crippen molar-refractivity contribution in [2.75, 3.05) is 6.16 Å². The number of hydrogen-bond donors (Lipinski definition) is 3. The number of hydrogen-bond acceptors (Lipinski definition) is 2. The Labute approximate surface area is 159 Å². The molecule has 1 aliphatic heterocycles. The monoisotopic (exact) mass is 381 g/mol. The highest BCUT2D eigenvalue weighted by molar-refractivity contribution is 7.51. The Hall–Kier alpha value is -0.670. The fraction of sp³-hybridized carbons (Fsp3) is 0.714. The minimum Gasteiger partial charge on any atom is -0.324 e. The Morgan fingerprint density at radius 1 is 1.00 bits per heavy atom. The minimum atomic E-state index is -3.88. The predicted molar refractivity (Wildman–Crippen MR) is 109 cm³/mol. The lowest BCUT2D eigenvalue weighted by Crippen LogP contribution is -2.25. The van der Waals surface area contributed by atoms with E-state index in [0.29, 0.717) is 12.5 Å². The van der Waals surface area contributed by atoms with Crippen LogP contribution in [0.2, 0.25) is 0 Å². The Bertz CT molecular complexity index is 555. The first-order chi connectivity index (χ1) is 12.5. The summed E-state index contributed by atoms with van der Waals surface area (Å²) in [6.07, 6.45) is 13.1. The summed E-state index contributed by atoms with van der Waals surface area (Å²) in [6.45, 7) is 2.26. The maximum Gasteiger partial charge on any atom is 0.325 e. The quantitative estimate of drug-likeness (QED) is 0.338. The molecule has 2 rings (SSSR count). The molecule has 1 fully saturated rings. The van der Waals surface area contributed by atoms with Crippen LogP contribution in [0.4, 0.5) is 0 Å². The lowest BCUT2D eigenvalue weighted by atomic mass is 10.0. The number of nitrogens with one attached hydrogen (secondary N) is 1. The molecule has 5 heteroatoms. The van der Waals surface area contributed by atoms with Crippen LogP contribution in [-0.2, 0) is 11.0 Å². The zero-order valence-electron chi connectivity index (χ0n) is 16.2. The smallest absolute Gasteiger partial charge is 0.324 e. The van der Waals surface area contributed by atoms with Gasteiger partial charge in [-0.05, 0) is 43.2 Å². The van der Waals surface area contributed by atoms with Gasteiger partial charge in [0.1, 0.15) is 0 Å². The van der Waals surface area contributed by atoms with Crippen molar-refractivity contribution in [2.45, 2.75) is 89.6 Å². The summed E-state index contributed by atoms with van der Waals surface area (Å²) in [5.41, 5.74) is 2.71. The summed E-state index contributed by atoms with van der Waals surface area (Å²) in [5, 5.41) is 3.53. The van der Waals surface area contributed by atoms with E-state index in [9.17, 15) is 4.57 Å². The largest absolute Gasteiger partial charge is 0.325 e. The van der Waals surface area contributed by atoms with E-state index in [4.69, 9.17) is 9.79 Å². The van der Waals surface area contributed by atoms with Gasteiger partial charge >= 0.3 is 7.60 Å². The van der Waals surface area contributed by atoms with Crippen molar-refractivity contribution in [1.29, 1.82) is 0 Å². The third-order valence-corrected chi connectivity index (χ3v) is 6.30. The molecule has 0 aromatic heterocycles. The topological polar surface area (TPSA) is 69.6 Å². The molecule has 0 saturated carbocycles. The Balaban J connectivity index is 1.66. The number of aryl methyl sites for hydroxylation is 1. The van der Waals surface area contributed by atoms with Crippen molar-refractivity contribution >= 4 is 7.60 Å². The van der Waals surface area contributed by atoms with Gasteiger partial charge in [-0.1, -0.05) is 69.7 Å². The van der Waals surface area contributed by atoms with E-state index in [-0.39, 0.29) is 12.2 Å². The first-order valence-electron chi connectivity index (χ1n) is 10.4. The van der Waals surface area contributed by atoms with E-state index in [1.54, 1.807) is 0 Å². The van der Waals surface area contributed by atoms with E-state index >= 15 is 0 Å². The van der Waals surface area contributed by atoms with Crippen LogP contribution < -0.4 is 5.32 Å². The highest BCUT2D eigenvalue weighted by atomic mass is 31.2. The summed E-state index contributed by atoms with van der Waals surface area (Å²) in [4.78, 5) is 18.0. The van der Waals surface area contributed by atoms with Crippen molar-refractivity contribution in [3.63, 3.8) is 0 Å². The van der Waals surface area contributed by atoms with Crippen molar-refractivity contribution in [3.05, 3.63) is 35.4 Å². The summed E-state index contributed by atoms with van der Waals surface area (Å²) < 4.78 is 11.0. The van der Waals surface area contributed by atoms with Gasteiger partial charge in [-0.15, -0.1) is 0 Å². The first kappa shape index (κ1) is 21.6. The van der Waals surface area contributed by atoms with Gasteiger partial charge in [-0.3, -0.25) is 4.57 Å². The molecule has 0 bridgehead atoms. The van der Waals surface area contributed by atoms with Crippen LogP contribution in [0, 0.1) is 0 Å². The molecule has 2 atom stereocenters. The molecule has 1 heterocycles. The standard InChI is InChI=1S/C21H36NO3P/c1-2-3-4-5-6-7-8-9-18-10-12-19(13-11-18)21-15-14-20(22-21)16-17-26(23,24)25/h10-13,20-22H,2-9,14-17H2,1H3,(H2,23,24,25)/t20-,21+/m0/s1. The van der Waals surface area contributed by atoms with Gasteiger partial charge in [0.15, 0.2) is 0 Å². The molecule has 1 saturated heterocycles. The molecule has 4 nitrogen and oxygen atoms in total. The molecule has 0 spiro atoms. The Kier molecular flexibility index (Phi) is 9.35. The SMILES string of the molecule is CCCCCCCCCc1ccc([C@H]2CC[C@@H](CCP(=O)(O)O)N2)cc1. The lowest BCUT2D eigenvalue weighted by Gasteiger charge is -2.15. The fourth-order valence-electron chi connectivity index (χ4n) is 3.84. The summed E-state index contributed by atoms with van der Waals surface area (Å²) in [7, 11) is -3.88. The number of unbranched alkanes of at least 4 members (excludes halogenated alkanes) is 6. The molecule has 0 aliphatic carbocycles. The van der Waals surface area contributed by atoms with Gasteiger partial charge in [-0.25, -0.2) is 0 Å². The van der Waals surface area contributed by atoms with Crippen LogP contribution in [0.1, 0.15) is 88.3 Å². The van der Waals surface area contributed by atoms with Crippen LogP contribution in [0.5, 0.6) is 0 Å². The third-order valence-electron chi connectivity index (χ3n) is 5.46. The maximum atomic E-state index is 11.0. The number of rotatable bonds is 12. The Morgan fingerprint density at radius 2 is 1.65 bits per heavy atom. The van der Waals surface area contributed by atoms with Crippen LogP contribution in [0.25, 0.3) is 0 Å². The molecule has 0 radical (unpaired) electrons. The van der Waals surface area contributed by atoms with Crippen molar-refractivity contribution in [2.24, 2.45) is 0 Å². The molecule has 1 aromatic rings. The minimum absolute atomic E-state index is 0.0191. The summed E-state index contributed by atoms with van der Waals surface area (Å²) >= 11 is 0. The van der Waals surface area contributed by atoms with Crippen molar-refractivity contribution < 1.29 is 14.4 Å². The molecule has 0 unspecified atom stereocenters. The van der Waals surface area contributed by atoms with Gasteiger partial charge in [0, 0.05) is 12.1 Å². The molecule has 1 aliphatic rings. The van der Waals surface area contributed by atoms with E-state index in [1.165, 1.54) is 56.1 Å². The molecular formula is C21H36NO3P. The van der Waals surface area contributed by atoms with E-state index in [2.05, 4.69) is 36.5 Å². The van der Waals surface area contributed by atoms with Gasteiger partial charge in [0.25, 0.3) is 0 Å². The van der Waals surface area contributed by atoms with Crippen LogP contribution in [0.3, 0.4) is 0 Å².